The Bertz CT molecular complexity index is 277. The number of hydrogen-bond donors (Lipinski definition) is 2. The van der Waals surface area contributed by atoms with Crippen LogP contribution in [-0.2, 0) is 4.79 Å². The van der Waals surface area contributed by atoms with Crippen molar-refractivity contribution in [1.29, 1.82) is 16.1 Å². The molecule has 0 spiro atoms. The average molecular weight is 204 g/mol. The van der Waals surface area contributed by atoms with Gasteiger partial charge < -0.3 is 5.11 Å². The van der Waals surface area contributed by atoms with Crippen molar-refractivity contribution in [2.75, 3.05) is 0 Å². The maximum absolute atomic E-state index is 10.1. The zero-order valence-electron chi connectivity index (χ0n) is 6.82. The molecular weight excluding hydrogens is 195 g/mol. The number of nitriles is 2. The van der Waals surface area contributed by atoms with Gasteiger partial charge in [-0.3, -0.25) is 4.79 Å². The van der Waals surface area contributed by atoms with Crippen LogP contribution < -0.4 is 0 Å². The van der Waals surface area contributed by atoms with Crippen molar-refractivity contribution in [1.82, 2.24) is 0 Å². The van der Waals surface area contributed by atoms with Gasteiger partial charge in [-0.25, -0.2) is 5.53 Å². The summed E-state index contributed by atoms with van der Waals surface area (Å²) >= 11 is 0. The standard InChI is InChI=1S/C7H8N4O2.Na.H/c8-4-7(5-9,11-10)3-1-2-6(12)13;;/h10H,1-3H2,(H,12,13);;. The van der Waals surface area contributed by atoms with E-state index in [-0.39, 0.29) is 48.8 Å². The molecule has 2 N–H and O–H groups in total. The van der Waals surface area contributed by atoms with Crippen LogP contribution in [0, 0.1) is 28.2 Å². The van der Waals surface area contributed by atoms with Crippen LogP contribution in [0.2, 0.25) is 0 Å². The summed E-state index contributed by atoms with van der Waals surface area (Å²) in [6, 6.07) is 3.16. The Morgan fingerprint density at radius 2 is 2.00 bits per heavy atom. The van der Waals surface area contributed by atoms with Gasteiger partial charge in [-0.05, 0) is 6.42 Å². The first-order chi connectivity index (χ1) is 6.10. The monoisotopic (exact) mass is 204 g/mol. The van der Waals surface area contributed by atoms with Crippen LogP contribution in [0.5, 0.6) is 0 Å². The van der Waals surface area contributed by atoms with Crippen molar-refractivity contribution in [3.8, 4) is 12.1 Å². The quantitative estimate of drug-likeness (QED) is 0.497. The van der Waals surface area contributed by atoms with E-state index in [2.05, 4.69) is 5.11 Å². The fraction of sp³-hybridized carbons (Fsp3) is 0.571. The van der Waals surface area contributed by atoms with Gasteiger partial charge in [-0.2, -0.15) is 15.6 Å². The van der Waals surface area contributed by atoms with Gasteiger partial charge in [0, 0.05) is 12.8 Å². The van der Waals surface area contributed by atoms with E-state index in [0.717, 1.165) is 0 Å². The average Bonchev–Trinajstić information content (AvgIpc) is 2.13. The summed E-state index contributed by atoms with van der Waals surface area (Å²) in [7, 11) is 0. The number of nitrogens with one attached hydrogen (secondary N) is 1. The molecule has 0 rings (SSSR count). The molecule has 6 nitrogen and oxygen atoms in total. The molecule has 0 atom stereocenters. The summed E-state index contributed by atoms with van der Waals surface area (Å²) in [6.07, 6.45) is 0.0231. The number of rotatable bonds is 5. The molecule has 7 heteroatoms. The Hall–Kier alpha value is -0.950. The van der Waals surface area contributed by atoms with E-state index in [4.69, 9.17) is 21.2 Å². The molecule has 0 bridgehead atoms. The fourth-order valence-corrected chi connectivity index (χ4v) is 0.738. The molecule has 0 saturated heterocycles. The van der Waals surface area contributed by atoms with Crippen molar-refractivity contribution in [3.63, 3.8) is 0 Å². The zero-order valence-corrected chi connectivity index (χ0v) is 6.82. The van der Waals surface area contributed by atoms with Crippen molar-refractivity contribution >= 4 is 35.5 Å². The minimum atomic E-state index is -1.70. The third-order valence-corrected chi connectivity index (χ3v) is 1.49. The van der Waals surface area contributed by atoms with Gasteiger partial charge in [0.25, 0.3) is 5.54 Å². The van der Waals surface area contributed by atoms with E-state index < -0.39 is 11.5 Å². The van der Waals surface area contributed by atoms with Gasteiger partial charge in [0.2, 0.25) is 0 Å². The molecule has 0 radical (unpaired) electrons. The summed E-state index contributed by atoms with van der Waals surface area (Å²) in [5, 5.41) is 28.2. The first-order valence-corrected chi connectivity index (χ1v) is 3.53. The predicted octanol–water partition coefficient (Wildman–Crippen LogP) is 0.410. The van der Waals surface area contributed by atoms with Crippen LogP contribution in [0.4, 0.5) is 0 Å². The molecule has 0 fully saturated rings. The Morgan fingerprint density at radius 3 is 2.29 bits per heavy atom. The first kappa shape index (κ1) is 15.5. The number of nitrogens with zero attached hydrogens (tertiary/aromatic N) is 3. The van der Waals surface area contributed by atoms with E-state index in [0.29, 0.717) is 0 Å². The van der Waals surface area contributed by atoms with Gasteiger partial charge in [-0.1, -0.05) is 0 Å². The molecule has 0 aromatic heterocycles. The van der Waals surface area contributed by atoms with Crippen LogP contribution in [0.3, 0.4) is 0 Å². The predicted molar refractivity (Wildman–Crippen MR) is 47.7 cm³/mol. The molecule has 70 valence electrons. The van der Waals surface area contributed by atoms with E-state index in [1.807, 2.05) is 0 Å². The Kier molecular flexibility index (Phi) is 8.26. The molecule has 0 amide bonds. The minimum absolute atomic E-state index is 0. The molecule has 14 heavy (non-hydrogen) atoms. The molecule has 0 heterocycles. The number of aliphatic carboxylic acids is 1. The normalized spacial score (nSPS) is 9.00. The van der Waals surface area contributed by atoms with E-state index in [9.17, 15) is 4.79 Å². The van der Waals surface area contributed by atoms with Gasteiger partial charge in [0.15, 0.2) is 0 Å². The summed E-state index contributed by atoms with van der Waals surface area (Å²) in [5.41, 5.74) is 4.93. The SMILES string of the molecule is N#CC(C#N)(CCCC(=O)O)N=N.[NaH]. The summed E-state index contributed by atoms with van der Waals surface area (Å²) in [6.45, 7) is 0. The fourth-order valence-electron chi connectivity index (χ4n) is 0.738. The number of carboxylic acids is 1. The van der Waals surface area contributed by atoms with Crippen LogP contribution in [0.1, 0.15) is 19.3 Å². The Labute approximate surface area is 103 Å². The van der Waals surface area contributed by atoms with Crippen LogP contribution in [0.25, 0.3) is 0 Å². The van der Waals surface area contributed by atoms with Crippen LogP contribution in [0.15, 0.2) is 5.11 Å². The van der Waals surface area contributed by atoms with Crippen molar-refractivity contribution in [3.05, 3.63) is 0 Å². The summed E-state index contributed by atoms with van der Waals surface area (Å²) in [4.78, 5) is 10.1. The van der Waals surface area contributed by atoms with Crippen LogP contribution in [-0.4, -0.2) is 46.2 Å². The molecule has 0 saturated carbocycles. The van der Waals surface area contributed by atoms with Crippen LogP contribution >= 0.6 is 0 Å². The Morgan fingerprint density at radius 1 is 1.50 bits per heavy atom. The molecule has 0 aliphatic carbocycles. The van der Waals surface area contributed by atoms with E-state index in [1.165, 1.54) is 0 Å². The van der Waals surface area contributed by atoms with Crippen molar-refractivity contribution in [2.24, 2.45) is 5.11 Å². The molecule has 0 aromatic rings. The zero-order chi connectivity index (χ0) is 10.3. The van der Waals surface area contributed by atoms with E-state index >= 15 is 0 Å². The summed E-state index contributed by atoms with van der Waals surface area (Å²) < 4.78 is 0. The Balaban J connectivity index is 0. The van der Waals surface area contributed by atoms with Crippen molar-refractivity contribution in [2.45, 2.75) is 24.8 Å². The first-order valence-electron chi connectivity index (χ1n) is 3.53. The second kappa shape index (κ2) is 7.45. The molecule has 0 unspecified atom stereocenters. The number of carboxylic acid groups (broad SMARTS) is 1. The second-order valence-electron chi connectivity index (χ2n) is 2.44. The van der Waals surface area contributed by atoms with Crippen molar-refractivity contribution < 1.29 is 9.90 Å². The molecule has 0 aromatic carbocycles. The summed E-state index contributed by atoms with van der Waals surface area (Å²) in [5.74, 6) is -0.991. The van der Waals surface area contributed by atoms with Gasteiger partial charge >= 0.3 is 35.5 Å². The molecule has 0 aliphatic rings. The second-order valence-corrected chi connectivity index (χ2v) is 2.44. The van der Waals surface area contributed by atoms with Gasteiger partial charge in [0.1, 0.15) is 12.1 Å². The number of carbonyl (C=O) groups is 1. The molecular formula is C7H9N4NaO2. The van der Waals surface area contributed by atoms with Gasteiger partial charge in [0.05, 0.1) is 0 Å². The van der Waals surface area contributed by atoms with Gasteiger partial charge in [-0.15, -0.1) is 0 Å². The number of hydrogen-bond acceptors (Lipinski definition) is 5. The van der Waals surface area contributed by atoms with E-state index in [1.54, 1.807) is 12.1 Å². The third kappa shape index (κ3) is 4.93. The third-order valence-electron chi connectivity index (χ3n) is 1.49. The maximum atomic E-state index is 10.1. The topological polar surface area (TPSA) is 121 Å². The molecule has 0 aliphatic heterocycles.